The molecule has 3 rings (SSSR count). The monoisotopic (exact) mass is 359 g/mol. The average Bonchev–Trinajstić information content (AvgIpc) is 3.05. The van der Waals surface area contributed by atoms with Gasteiger partial charge >= 0.3 is 6.03 Å². The zero-order valence-electron chi connectivity index (χ0n) is 12.2. The first-order valence-corrected chi connectivity index (χ1v) is 8.18. The van der Waals surface area contributed by atoms with Gasteiger partial charge in [-0.3, -0.25) is 0 Å². The van der Waals surface area contributed by atoms with E-state index in [1.54, 1.807) is 0 Å². The number of halogens is 1. The lowest BCUT2D eigenvalue weighted by atomic mass is 10.2. The summed E-state index contributed by atoms with van der Waals surface area (Å²) in [5.74, 6) is 0. The summed E-state index contributed by atoms with van der Waals surface area (Å²) in [7, 11) is 0. The van der Waals surface area contributed by atoms with E-state index >= 15 is 0 Å². The predicted octanol–water partition coefficient (Wildman–Crippen LogP) is 4.69. The van der Waals surface area contributed by atoms with Crippen LogP contribution in [0.1, 0.15) is 12.8 Å². The van der Waals surface area contributed by atoms with Crippen LogP contribution in [0, 0.1) is 0 Å². The summed E-state index contributed by atoms with van der Waals surface area (Å²) >= 11 is 3.37. The van der Waals surface area contributed by atoms with Gasteiger partial charge in [0.2, 0.25) is 0 Å². The topological polar surface area (TPSA) is 44.4 Å². The number of anilines is 3. The highest BCUT2D eigenvalue weighted by Gasteiger charge is 2.12. The van der Waals surface area contributed by atoms with E-state index in [9.17, 15) is 4.79 Å². The second kappa shape index (κ2) is 6.83. The Hall–Kier alpha value is -2.01. The number of benzene rings is 2. The molecule has 0 aliphatic carbocycles. The van der Waals surface area contributed by atoms with Gasteiger partial charge in [-0.1, -0.05) is 15.9 Å². The second-order valence-electron chi connectivity index (χ2n) is 5.33. The highest BCUT2D eigenvalue weighted by Crippen LogP contribution is 2.22. The Labute approximate surface area is 138 Å². The van der Waals surface area contributed by atoms with Crippen molar-refractivity contribution >= 4 is 39.0 Å². The quantitative estimate of drug-likeness (QED) is 0.834. The molecule has 0 unspecified atom stereocenters. The van der Waals surface area contributed by atoms with Crippen LogP contribution in [0.5, 0.6) is 0 Å². The SMILES string of the molecule is O=C(Nc1ccc(Br)cc1)Nc1ccc(N2CCCC2)cc1. The van der Waals surface area contributed by atoms with Crippen molar-refractivity contribution < 1.29 is 4.79 Å². The Bertz CT molecular complexity index is 634. The molecule has 0 saturated carbocycles. The molecule has 0 spiro atoms. The molecule has 22 heavy (non-hydrogen) atoms. The van der Waals surface area contributed by atoms with Crippen LogP contribution >= 0.6 is 15.9 Å². The van der Waals surface area contributed by atoms with Gasteiger partial charge in [0.1, 0.15) is 0 Å². The smallest absolute Gasteiger partial charge is 0.323 e. The summed E-state index contributed by atoms with van der Waals surface area (Å²) in [6.45, 7) is 2.24. The van der Waals surface area contributed by atoms with Crippen LogP contribution in [0.15, 0.2) is 53.0 Å². The lowest BCUT2D eigenvalue weighted by Gasteiger charge is -2.17. The lowest BCUT2D eigenvalue weighted by Crippen LogP contribution is -2.20. The van der Waals surface area contributed by atoms with E-state index in [4.69, 9.17) is 0 Å². The summed E-state index contributed by atoms with van der Waals surface area (Å²) < 4.78 is 0.982. The van der Waals surface area contributed by atoms with Crippen molar-refractivity contribution in [1.29, 1.82) is 0 Å². The Morgan fingerprint density at radius 1 is 0.864 bits per heavy atom. The lowest BCUT2D eigenvalue weighted by molar-refractivity contribution is 0.262. The van der Waals surface area contributed by atoms with Crippen molar-refractivity contribution in [2.45, 2.75) is 12.8 Å². The maximum absolute atomic E-state index is 12.0. The fraction of sp³-hybridized carbons (Fsp3) is 0.235. The van der Waals surface area contributed by atoms with E-state index < -0.39 is 0 Å². The van der Waals surface area contributed by atoms with Gasteiger partial charge in [0.15, 0.2) is 0 Å². The number of nitrogens with zero attached hydrogens (tertiary/aromatic N) is 1. The largest absolute Gasteiger partial charge is 0.372 e. The molecular formula is C17H18BrN3O. The van der Waals surface area contributed by atoms with E-state index in [0.717, 1.165) is 28.9 Å². The van der Waals surface area contributed by atoms with Crippen molar-refractivity contribution in [3.05, 3.63) is 53.0 Å². The average molecular weight is 360 g/mol. The van der Waals surface area contributed by atoms with Gasteiger partial charge in [0.25, 0.3) is 0 Å². The standard InChI is InChI=1S/C17H18BrN3O/c18-13-3-5-14(6-4-13)19-17(22)20-15-7-9-16(10-8-15)21-11-1-2-12-21/h3-10H,1-2,11-12H2,(H2,19,20,22). The molecule has 2 aromatic carbocycles. The van der Waals surface area contributed by atoms with Gasteiger partial charge < -0.3 is 15.5 Å². The molecule has 1 saturated heterocycles. The molecule has 0 aromatic heterocycles. The zero-order valence-corrected chi connectivity index (χ0v) is 13.8. The van der Waals surface area contributed by atoms with Crippen LogP contribution < -0.4 is 15.5 Å². The maximum Gasteiger partial charge on any atom is 0.323 e. The Morgan fingerprint density at radius 2 is 1.36 bits per heavy atom. The molecule has 0 radical (unpaired) electrons. The Balaban J connectivity index is 1.57. The first kappa shape index (κ1) is 14.9. The predicted molar refractivity (Wildman–Crippen MR) is 94.7 cm³/mol. The number of carbonyl (C=O) groups is 1. The third-order valence-corrected chi connectivity index (χ3v) is 4.23. The van der Waals surface area contributed by atoms with Crippen molar-refractivity contribution in [1.82, 2.24) is 0 Å². The molecular weight excluding hydrogens is 342 g/mol. The molecule has 2 N–H and O–H groups in total. The molecule has 0 bridgehead atoms. The fourth-order valence-electron chi connectivity index (χ4n) is 2.56. The van der Waals surface area contributed by atoms with Crippen LogP contribution in [0.25, 0.3) is 0 Å². The van der Waals surface area contributed by atoms with Crippen molar-refractivity contribution in [3.63, 3.8) is 0 Å². The molecule has 1 heterocycles. The third kappa shape index (κ3) is 3.80. The summed E-state index contributed by atoms with van der Waals surface area (Å²) in [6.07, 6.45) is 2.52. The van der Waals surface area contributed by atoms with Gasteiger partial charge in [-0.2, -0.15) is 0 Å². The molecule has 4 nitrogen and oxygen atoms in total. The van der Waals surface area contributed by atoms with Gasteiger partial charge in [0, 0.05) is 34.6 Å². The third-order valence-electron chi connectivity index (χ3n) is 3.70. The van der Waals surface area contributed by atoms with Gasteiger partial charge in [-0.15, -0.1) is 0 Å². The van der Waals surface area contributed by atoms with Gasteiger partial charge in [-0.25, -0.2) is 4.79 Å². The van der Waals surface area contributed by atoms with Crippen LogP contribution in [-0.2, 0) is 0 Å². The normalized spacial score (nSPS) is 14.0. The first-order chi connectivity index (χ1) is 10.7. The molecule has 5 heteroatoms. The number of amides is 2. The highest BCUT2D eigenvalue weighted by atomic mass is 79.9. The molecule has 114 valence electrons. The van der Waals surface area contributed by atoms with E-state index in [1.165, 1.54) is 18.5 Å². The fourth-order valence-corrected chi connectivity index (χ4v) is 2.82. The molecule has 2 amide bonds. The van der Waals surface area contributed by atoms with E-state index in [0.29, 0.717) is 0 Å². The minimum Gasteiger partial charge on any atom is -0.372 e. The van der Waals surface area contributed by atoms with Gasteiger partial charge in [0.05, 0.1) is 0 Å². The zero-order chi connectivity index (χ0) is 15.4. The van der Waals surface area contributed by atoms with Crippen molar-refractivity contribution in [2.24, 2.45) is 0 Å². The number of rotatable bonds is 3. The summed E-state index contributed by atoms with van der Waals surface area (Å²) in [4.78, 5) is 14.3. The Kier molecular flexibility index (Phi) is 4.63. The number of hydrogen-bond donors (Lipinski definition) is 2. The maximum atomic E-state index is 12.0. The number of urea groups is 1. The van der Waals surface area contributed by atoms with Gasteiger partial charge in [-0.05, 0) is 61.4 Å². The second-order valence-corrected chi connectivity index (χ2v) is 6.24. The van der Waals surface area contributed by atoms with E-state index in [-0.39, 0.29) is 6.03 Å². The Morgan fingerprint density at radius 3 is 1.91 bits per heavy atom. The van der Waals surface area contributed by atoms with Crippen molar-refractivity contribution in [2.75, 3.05) is 28.6 Å². The highest BCUT2D eigenvalue weighted by molar-refractivity contribution is 9.10. The van der Waals surface area contributed by atoms with Crippen LogP contribution in [0.3, 0.4) is 0 Å². The van der Waals surface area contributed by atoms with Crippen molar-refractivity contribution in [3.8, 4) is 0 Å². The summed E-state index contributed by atoms with van der Waals surface area (Å²) in [6, 6.07) is 15.2. The molecule has 2 aromatic rings. The molecule has 1 aliphatic heterocycles. The minimum atomic E-state index is -0.240. The van der Waals surface area contributed by atoms with E-state index in [2.05, 4.69) is 43.6 Å². The number of nitrogens with one attached hydrogen (secondary N) is 2. The molecule has 0 atom stereocenters. The van der Waals surface area contributed by atoms with Crippen LogP contribution in [0.4, 0.5) is 21.9 Å². The number of hydrogen-bond acceptors (Lipinski definition) is 2. The number of carbonyl (C=O) groups excluding carboxylic acids is 1. The van der Waals surface area contributed by atoms with Crippen LogP contribution in [-0.4, -0.2) is 19.1 Å². The van der Waals surface area contributed by atoms with Crippen LogP contribution in [0.2, 0.25) is 0 Å². The summed E-state index contributed by atoms with van der Waals surface area (Å²) in [5.41, 5.74) is 2.77. The van der Waals surface area contributed by atoms with E-state index in [1.807, 2.05) is 36.4 Å². The molecule has 1 aliphatic rings. The minimum absolute atomic E-state index is 0.240. The molecule has 1 fully saturated rings. The summed E-state index contributed by atoms with van der Waals surface area (Å²) in [5, 5.41) is 5.65. The first-order valence-electron chi connectivity index (χ1n) is 7.39.